The van der Waals surface area contributed by atoms with E-state index >= 15 is 0 Å². The number of carbonyl (C=O) groups is 3. The zero-order chi connectivity index (χ0) is 30.8. The van der Waals surface area contributed by atoms with E-state index in [2.05, 4.69) is 6.58 Å². The largest absolute Gasteiger partial charge is 0.458 e. The highest BCUT2D eigenvalue weighted by atomic mass is 16.6. The standard InChI is InChI=1S/C34H36O9/c1-20-15-16-24-26-31(2,19-34(39,43-24)23-17-25(35)40-18-23)33(4,38)28(42-30(37)22-13-9-6-10-14-22)27(32(20,26)3)41-29(36)21-11-7-5-8-12-21/h5-14,17,24,26-28,38-39H,1,15-16,18-19H2,2-4H3/t24-,26-,27+,28+,31-,32+,33+,34-/m1/s1. The van der Waals surface area contributed by atoms with Gasteiger partial charge in [-0.25, -0.2) is 14.4 Å². The number of carbonyl (C=O) groups excluding carboxylic acids is 3. The van der Waals surface area contributed by atoms with Crippen LogP contribution in [0.25, 0.3) is 0 Å². The summed E-state index contributed by atoms with van der Waals surface area (Å²) >= 11 is 0. The molecule has 1 saturated heterocycles. The average Bonchev–Trinajstić information content (AvgIpc) is 3.43. The minimum Gasteiger partial charge on any atom is -0.458 e. The summed E-state index contributed by atoms with van der Waals surface area (Å²) in [6.45, 7) is 9.53. The van der Waals surface area contributed by atoms with Crippen LogP contribution in [0.5, 0.6) is 0 Å². The number of esters is 3. The van der Waals surface area contributed by atoms with Gasteiger partial charge in [0.25, 0.3) is 0 Å². The molecule has 0 radical (unpaired) electrons. The molecule has 2 saturated carbocycles. The summed E-state index contributed by atoms with van der Waals surface area (Å²) in [6.07, 6.45) is -1.11. The van der Waals surface area contributed by atoms with Crippen LogP contribution in [0.2, 0.25) is 0 Å². The summed E-state index contributed by atoms with van der Waals surface area (Å²) in [5.41, 5.74) is -2.50. The molecule has 6 rings (SSSR count). The molecule has 226 valence electrons. The van der Waals surface area contributed by atoms with Crippen molar-refractivity contribution >= 4 is 17.9 Å². The molecule has 0 spiro atoms. The molecular formula is C34H36O9. The van der Waals surface area contributed by atoms with E-state index in [-0.39, 0.29) is 24.2 Å². The maximum Gasteiger partial charge on any atom is 0.338 e. The second-order valence-corrected chi connectivity index (χ2v) is 12.7. The Morgan fingerprint density at radius 1 is 0.907 bits per heavy atom. The Kier molecular flexibility index (Phi) is 6.91. The van der Waals surface area contributed by atoms with Crippen LogP contribution in [0.4, 0.5) is 0 Å². The van der Waals surface area contributed by atoms with E-state index in [1.807, 2.05) is 13.8 Å². The molecule has 2 aromatic rings. The first-order chi connectivity index (χ1) is 20.3. The molecule has 43 heavy (non-hydrogen) atoms. The van der Waals surface area contributed by atoms with E-state index in [0.29, 0.717) is 18.4 Å². The quantitative estimate of drug-likeness (QED) is 0.301. The molecule has 2 aromatic carbocycles. The molecule has 3 fully saturated rings. The third-order valence-corrected chi connectivity index (χ3v) is 10.4. The lowest BCUT2D eigenvalue weighted by Crippen LogP contribution is -2.78. The van der Waals surface area contributed by atoms with Gasteiger partial charge in [-0.3, -0.25) is 0 Å². The molecule has 9 heteroatoms. The van der Waals surface area contributed by atoms with Gasteiger partial charge in [-0.05, 0) is 44.0 Å². The first-order valence-corrected chi connectivity index (χ1v) is 14.5. The fourth-order valence-electron chi connectivity index (χ4n) is 7.93. The predicted molar refractivity (Wildman–Crippen MR) is 153 cm³/mol. The first kappa shape index (κ1) is 29.3. The van der Waals surface area contributed by atoms with Gasteiger partial charge in [0.1, 0.15) is 12.2 Å². The lowest BCUT2D eigenvalue weighted by molar-refractivity contribution is -0.363. The summed E-state index contributed by atoms with van der Waals surface area (Å²) < 4.78 is 23.9. The van der Waals surface area contributed by atoms with E-state index in [9.17, 15) is 24.6 Å². The zero-order valence-electron chi connectivity index (χ0n) is 24.4. The van der Waals surface area contributed by atoms with Crippen LogP contribution in [0.15, 0.2) is 84.5 Å². The third kappa shape index (κ3) is 4.44. The first-order valence-electron chi connectivity index (χ1n) is 14.5. The Morgan fingerprint density at radius 3 is 2.00 bits per heavy atom. The Bertz CT molecular complexity index is 1500. The zero-order valence-corrected chi connectivity index (χ0v) is 24.4. The molecule has 9 nitrogen and oxygen atoms in total. The van der Waals surface area contributed by atoms with Crippen LogP contribution in [0.3, 0.4) is 0 Å². The summed E-state index contributed by atoms with van der Waals surface area (Å²) in [6, 6.07) is 16.8. The van der Waals surface area contributed by atoms with E-state index in [1.165, 1.54) is 6.08 Å². The van der Waals surface area contributed by atoms with Gasteiger partial charge in [0.2, 0.25) is 0 Å². The number of hydrogen-bond acceptors (Lipinski definition) is 9. The Balaban J connectivity index is 1.49. The van der Waals surface area contributed by atoms with Crippen LogP contribution in [0.1, 0.15) is 60.7 Å². The average molecular weight is 589 g/mol. The molecule has 0 bridgehead atoms. The van der Waals surface area contributed by atoms with Gasteiger partial charge in [0.05, 0.1) is 17.2 Å². The van der Waals surface area contributed by atoms with Gasteiger partial charge < -0.3 is 29.2 Å². The summed E-state index contributed by atoms with van der Waals surface area (Å²) in [4.78, 5) is 39.1. The fourth-order valence-corrected chi connectivity index (χ4v) is 7.93. The molecule has 2 heterocycles. The van der Waals surface area contributed by atoms with Crippen LogP contribution in [-0.4, -0.2) is 64.4 Å². The van der Waals surface area contributed by atoms with Gasteiger partial charge in [-0.2, -0.15) is 0 Å². The second-order valence-electron chi connectivity index (χ2n) is 12.7. The second kappa shape index (κ2) is 10.1. The minimum absolute atomic E-state index is 0.140. The maximum absolute atomic E-state index is 13.6. The normalized spacial score (nSPS) is 38.4. The van der Waals surface area contributed by atoms with Crippen LogP contribution >= 0.6 is 0 Å². The van der Waals surface area contributed by atoms with Crippen molar-refractivity contribution < 1.29 is 43.5 Å². The van der Waals surface area contributed by atoms with E-state index in [1.54, 1.807) is 67.6 Å². The van der Waals surface area contributed by atoms with Crippen molar-refractivity contribution in [3.8, 4) is 0 Å². The summed E-state index contributed by atoms with van der Waals surface area (Å²) in [5, 5.41) is 24.6. The van der Waals surface area contributed by atoms with Gasteiger partial charge in [0, 0.05) is 34.8 Å². The third-order valence-electron chi connectivity index (χ3n) is 10.4. The fraction of sp³-hybridized carbons (Fsp3) is 0.441. The number of ether oxygens (including phenoxy) is 4. The highest BCUT2D eigenvalue weighted by molar-refractivity contribution is 5.90. The molecule has 0 amide bonds. The number of cyclic esters (lactones) is 1. The Labute approximate surface area is 250 Å². The highest BCUT2D eigenvalue weighted by Crippen LogP contribution is 2.69. The van der Waals surface area contributed by atoms with Crippen molar-refractivity contribution in [1.29, 1.82) is 0 Å². The van der Waals surface area contributed by atoms with E-state index < -0.39 is 64.4 Å². The highest BCUT2D eigenvalue weighted by Gasteiger charge is 2.76. The minimum atomic E-state index is -1.92. The summed E-state index contributed by atoms with van der Waals surface area (Å²) in [7, 11) is 0. The Hall–Kier alpha value is -3.79. The van der Waals surface area contributed by atoms with Crippen molar-refractivity contribution in [2.24, 2.45) is 16.7 Å². The molecular weight excluding hydrogens is 552 g/mol. The number of aliphatic hydroxyl groups is 2. The predicted octanol–water partition coefficient (Wildman–Crippen LogP) is 4.14. The van der Waals surface area contributed by atoms with Gasteiger partial charge in [0.15, 0.2) is 18.0 Å². The van der Waals surface area contributed by atoms with Crippen molar-refractivity contribution in [2.75, 3.05) is 6.61 Å². The summed E-state index contributed by atoms with van der Waals surface area (Å²) in [5.74, 6) is -4.36. The molecule has 2 aliphatic carbocycles. The molecule has 8 atom stereocenters. The lowest BCUT2D eigenvalue weighted by atomic mass is 9.41. The lowest BCUT2D eigenvalue weighted by Gasteiger charge is -2.70. The number of rotatable bonds is 5. The van der Waals surface area contributed by atoms with Crippen molar-refractivity contribution in [3.63, 3.8) is 0 Å². The van der Waals surface area contributed by atoms with E-state index in [0.717, 1.165) is 5.57 Å². The van der Waals surface area contributed by atoms with Crippen LogP contribution < -0.4 is 0 Å². The van der Waals surface area contributed by atoms with Crippen LogP contribution in [-0.2, 0) is 23.7 Å². The van der Waals surface area contributed by atoms with Gasteiger partial charge in [-0.1, -0.05) is 62.4 Å². The SMILES string of the molecule is C=C1CC[C@H]2O[C@@](O)(C3=CC(=O)OC3)C[C@]3(C)[C@@H]2[C@@]1(C)[C@@H](OC(=O)c1ccccc1)[C@H](OC(=O)c1ccccc1)[C@]3(C)O. The molecule has 0 aromatic heterocycles. The van der Waals surface area contributed by atoms with Crippen molar-refractivity contribution in [3.05, 3.63) is 95.6 Å². The van der Waals surface area contributed by atoms with Crippen molar-refractivity contribution in [1.82, 2.24) is 0 Å². The monoisotopic (exact) mass is 588 g/mol. The van der Waals surface area contributed by atoms with E-state index in [4.69, 9.17) is 18.9 Å². The van der Waals surface area contributed by atoms with Crippen LogP contribution in [0, 0.1) is 16.7 Å². The van der Waals surface area contributed by atoms with Crippen molar-refractivity contribution in [2.45, 2.75) is 69.7 Å². The molecule has 2 aliphatic heterocycles. The maximum atomic E-state index is 13.6. The molecule has 0 unspecified atom stereocenters. The number of hydrogen-bond donors (Lipinski definition) is 2. The smallest absolute Gasteiger partial charge is 0.338 e. The topological polar surface area (TPSA) is 129 Å². The molecule has 2 N–H and O–H groups in total. The van der Waals surface area contributed by atoms with Gasteiger partial charge in [-0.15, -0.1) is 0 Å². The number of benzene rings is 2. The van der Waals surface area contributed by atoms with Gasteiger partial charge >= 0.3 is 17.9 Å². The molecule has 4 aliphatic rings. The Morgan fingerprint density at radius 2 is 1.47 bits per heavy atom.